The summed E-state index contributed by atoms with van der Waals surface area (Å²) in [5.41, 5.74) is 1.03. The van der Waals surface area contributed by atoms with Gasteiger partial charge in [-0.25, -0.2) is 4.98 Å². The van der Waals surface area contributed by atoms with Crippen LogP contribution < -0.4 is 10.2 Å². The van der Waals surface area contributed by atoms with Crippen molar-refractivity contribution >= 4 is 5.82 Å². The number of hydrogen-bond donors (Lipinski definition) is 1. The lowest BCUT2D eigenvalue weighted by atomic mass is 10.2. The van der Waals surface area contributed by atoms with Gasteiger partial charge in [0, 0.05) is 19.1 Å². The highest BCUT2D eigenvalue weighted by Gasteiger charge is 2.22. The Balaban J connectivity index is 1.95. The van der Waals surface area contributed by atoms with Crippen molar-refractivity contribution in [3.8, 4) is 0 Å². The zero-order valence-corrected chi connectivity index (χ0v) is 12.2. The molecule has 19 heavy (non-hydrogen) atoms. The molecule has 0 aliphatic heterocycles. The lowest BCUT2D eigenvalue weighted by Crippen LogP contribution is -2.33. The number of anilines is 1. The molecule has 0 amide bonds. The van der Waals surface area contributed by atoms with Crippen molar-refractivity contribution in [2.45, 2.75) is 58.5 Å². The lowest BCUT2D eigenvalue weighted by Gasteiger charge is -2.28. The molecule has 1 heterocycles. The summed E-state index contributed by atoms with van der Waals surface area (Å²) in [6.45, 7) is 7.25. The van der Waals surface area contributed by atoms with Crippen LogP contribution >= 0.6 is 0 Å². The van der Waals surface area contributed by atoms with E-state index in [1.807, 2.05) is 12.4 Å². The normalized spacial score (nSPS) is 15.9. The van der Waals surface area contributed by atoms with E-state index in [2.05, 4.69) is 34.0 Å². The predicted molar refractivity (Wildman–Crippen MR) is 79.3 cm³/mol. The van der Waals surface area contributed by atoms with Gasteiger partial charge in [-0.1, -0.05) is 19.8 Å². The van der Waals surface area contributed by atoms with E-state index in [0.29, 0.717) is 6.04 Å². The second-order valence-electron chi connectivity index (χ2n) is 5.27. The molecule has 0 unspecified atom stereocenters. The average molecular weight is 262 g/mol. The first-order valence-electron chi connectivity index (χ1n) is 7.63. The van der Waals surface area contributed by atoms with Gasteiger partial charge in [0.1, 0.15) is 5.82 Å². The molecule has 1 aromatic rings. The van der Waals surface area contributed by atoms with Crippen molar-refractivity contribution in [3.05, 3.63) is 18.1 Å². The van der Waals surface area contributed by atoms with Crippen LogP contribution in [0.2, 0.25) is 0 Å². The molecule has 1 saturated carbocycles. The van der Waals surface area contributed by atoms with Crippen molar-refractivity contribution in [1.82, 2.24) is 15.3 Å². The fourth-order valence-corrected chi connectivity index (χ4v) is 2.80. The number of aromatic nitrogens is 2. The molecule has 1 aliphatic rings. The maximum atomic E-state index is 4.60. The molecule has 0 radical (unpaired) electrons. The first-order valence-corrected chi connectivity index (χ1v) is 7.63. The van der Waals surface area contributed by atoms with E-state index in [1.165, 1.54) is 25.7 Å². The van der Waals surface area contributed by atoms with Gasteiger partial charge in [0.15, 0.2) is 0 Å². The summed E-state index contributed by atoms with van der Waals surface area (Å²) in [5, 5.41) is 3.35. The predicted octanol–water partition coefficient (Wildman–Crippen LogP) is 2.75. The summed E-state index contributed by atoms with van der Waals surface area (Å²) in [6, 6.07) is 0.670. The Morgan fingerprint density at radius 1 is 1.21 bits per heavy atom. The van der Waals surface area contributed by atoms with Crippen LogP contribution in [-0.2, 0) is 6.54 Å². The van der Waals surface area contributed by atoms with E-state index in [4.69, 9.17) is 0 Å². The van der Waals surface area contributed by atoms with Gasteiger partial charge in [0.2, 0.25) is 0 Å². The summed E-state index contributed by atoms with van der Waals surface area (Å²) >= 11 is 0. The molecule has 1 fully saturated rings. The van der Waals surface area contributed by atoms with Gasteiger partial charge in [0.25, 0.3) is 0 Å². The standard InChI is InChI=1S/C15H26N4/c1-3-9-16-10-13-11-18-15(12-17-13)19(4-2)14-7-5-6-8-14/h11-12,14,16H,3-10H2,1-2H3. The molecule has 1 aromatic heterocycles. The Labute approximate surface area is 116 Å². The molecule has 1 N–H and O–H groups in total. The van der Waals surface area contributed by atoms with E-state index >= 15 is 0 Å². The van der Waals surface area contributed by atoms with Gasteiger partial charge < -0.3 is 10.2 Å². The maximum absolute atomic E-state index is 4.60. The minimum atomic E-state index is 0.670. The van der Waals surface area contributed by atoms with E-state index in [1.54, 1.807) is 0 Å². The van der Waals surface area contributed by atoms with Crippen LogP contribution in [0.25, 0.3) is 0 Å². The Kier molecular flexibility index (Phi) is 5.58. The zero-order valence-electron chi connectivity index (χ0n) is 12.2. The molecule has 0 saturated heterocycles. The van der Waals surface area contributed by atoms with Gasteiger partial charge in [-0.2, -0.15) is 0 Å². The van der Waals surface area contributed by atoms with Gasteiger partial charge in [0.05, 0.1) is 18.1 Å². The number of nitrogens with zero attached hydrogens (tertiary/aromatic N) is 3. The quantitative estimate of drug-likeness (QED) is 0.767. The first-order chi connectivity index (χ1) is 9.35. The van der Waals surface area contributed by atoms with Crippen LogP contribution in [-0.4, -0.2) is 29.1 Å². The first kappa shape index (κ1) is 14.3. The minimum Gasteiger partial charge on any atom is -0.353 e. The molecule has 106 valence electrons. The molecule has 0 bridgehead atoms. The van der Waals surface area contributed by atoms with Crippen LogP contribution in [0.1, 0.15) is 51.6 Å². The fraction of sp³-hybridized carbons (Fsp3) is 0.733. The van der Waals surface area contributed by atoms with Crippen LogP contribution in [0.4, 0.5) is 5.82 Å². The Morgan fingerprint density at radius 3 is 2.58 bits per heavy atom. The minimum absolute atomic E-state index is 0.670. The summed E-state index contributed by atoms with van der Waals surface area (Å²) in [6.07, 6.45) is 10.3. The molecule has 4 nitrogen and oxygen atoms in total. The highest BCUT2D eigenvalue weighted by molar-refractivity contribution is 5.37. The number of nitrogens with one attached hydrogen (secondary N) is 1. The maximum Gasteiger partial charge on any atom is 0.147 e. The molecule has 0 spiro atoms. The number of hydrogen-bond acceptors (Lipinski definition) is 4. The van der Waals surface area contributed by atoms with Gasteiger partial charge in [-0.3, -0.25) is 4.98 Å². The average Bonchev–Trinajstić information content (AvgIpc) is 2.96. The summed E-state index contributed by atoms with van der Waals surface area (Å²) in [7, 11) is 0. The molecular weight excluding hydrogens is 236 g/mol. The second kappa shape index (κ2) is 7.43. The van der Waals surface area contributed by atoms with Crippen molar-refractivity contribution in [3.63, 3.8) is 0 Å². The van der Waals surface area contributed by atoms with E-state index in [-0.39, 0.29) is 0 Å². The largest absolute Gasteiger partial charge is 0.353 e. The third-order valence-corrected chi connectivity index (χ3v) is 3.83. The second-order valence-corrected chi connectivity index (χ2v) is 5.27. The third kappa shape index (κ3) is 3.90. The van der Waals surface area contributed by atoms with Crippen molar-refractivity contribution < 1.29 is 0 Å². The van der Waals surface area contributed by atoms with Crippen LogP contribution in [0.3, 0.4) is 0 Å². The van der Waals surface area contributed by atoms with Crippen LogP contribution in [0, 0.1) is 0 Å². The van der Waals surface area contributed by atoms with Gasteiger partial charge >= 0.3 is 0 Å². The summed E-state index contributed by atoms with van der Waals surface area (Å²) < 4.78 is 0. The highest BCUT2D eigenvalue weighted by atomic mass is 15.2. The monoisotopic (exact) mass is 262 g/mol. The SMILES string of the molecule is CCCNCc1cnc(N(CC)C2CCCC2)cn1. The van der Waals surface area contributed by atoms with Crippen molar-refractivity contribution in [2.24, 2.45) is 0 Å². The topological polar surface area (TPSA) is 41.1 Å². The smallest absolute Gasteiger partial charge is 0.147 e. The lowest BCUT2D eigenvalue weighted by molar-refractivity contribution is 0.609. The van der Waals surface area contributed by atoms with Gasteiger partial charge in [-0.15, -0.1) is 0 Å². The van der Waals surface area contributed by atoms with E-state index < -0.39 is 0 Å². The highest BCUT2D eigenvalue weighted by Crippen LogP contribution is 2.26. The van der Waals surface area contributed by atoms with Crippen molar-refractivity contribution in [2.75, 3.05) is 18.0 Å². The third-order valence-electron chi connectivity index (χ3n) is 3.83. The molecule has 1 aliphatic carbocycles. The fourth-order valence-electron chi connectivity index (χ4n) is 2.80. The molecule has 4 heteroatoms. The van der Waals surface area contributed by atoms with Gasteiger partial charge in [-0.05, 0) is 32.7 Å². The number of rotatable bonds is 7. The molecule has 0 aromatic carbocycles. The Hall–Kier alpha value is -1.16. The Morgan fingerprint density at radius 2 is 2.00 bits per heavy atom. The molecular formula is C15H26N4. The Bertz CT molecular complexity index is 357. The zero-order chi connectivity index (χ0) is 13.5. The molecule has 0 atom stereocenters. The summed E-state index contributed by atoms with van der Waals surface area (Å²) in [5.74, 6) is 1.04. The molecule has 2 rings (SSSR count). The van der Waals surface area contributed by atoms with Crippen molar-refractivity contribution in [1.29, 1.82) is 0 Å². The van der Waals surface area contributed by atoms with Crippen LogP contribution in [0.5, 0.6) is 0 Å². The van der Waals surface area contributed by atoms with E-state index in [0.717, 1.165) is 37.6 Å². The summed E-state index contributed by atoms with van der Waals surface area (Å²) in [4.78, 5) is 11.5. The van der Waals surface area contributed by atoms with E-state index in [9.17, 15) is 0 Å². The van der Waals surface area contributed by atoms with Crippen LogP contribution in [0.15, 0.2) is 12.4 Å².